The van der Waals surface area contributed by atoms with E-state index in [1.807, 2.05) is 6.92 Å². The number of likely N-dealkylation sites (tertiary alicyclic amines) is 1. The van der Waals surface area contributed by atoms with E-state index in [0.717, 1.165) is 32.5 Å². The topological polar surface area (TPSA) is 35.5 Å². The molecule has 148 valence electrons. The molecule has 0 amide bonds. The summed E-state index contributed by atoms with van der Waals surface area (Å²) < 4.78 is 77.2. The minimum Gasteiger partial charge on any atom is -0.369 e. The van der Waals surface area contributed by atoms with Crippen molar-refractivity contribution in [1.82, 2.24) is 10.2 Å². The maximum atomic E-state index is 12.9. The first-order chi connectivity index (χ1) is 12.0. The monoisotopic (exact) mass is 384 g/mol. The minimum absolute atomic E-state index is 0.437. The molecule has 2 rings (SSSR count). The number of nitrogens with zero attached hydrogens (tertiary/aromatic N) is 1. The molecule has 1 aliphatic rings. The van der Waals surface area contributed by atoms with Crippen molar-refractivity contribution in [3.63, 3.8) is 0 Å². The van der Waals surface area contributed by atoms with Crippen molar-refractivity contribution in [3.05, 3.63) is 35.4 Å². The average Bonchev–Trinajstić information content (AvgIpc) is 2.55. The summed E-state index contributed by atoms with van der Waals surface area (Å²) in [6.45, 7) is 4.95. The van der Waals surface area contributed by atoms with E-state index in [1.54, 1.807) is 0 Å². The Hall–Kier alpha value is -1.32. The Kier molecular flexibility index (Phi) is 6.24. The normalized spacial score (nSPS) is 18.3. The SMILES string of the molecule is CCNC1CCN(Cc2ccc(C(O)(C(F)(F)F)C(F)(F)F)cc2)CC1. The highest BCUT2D eigenvalue weighted by atomic mass is 19.4. The number of benzene rings is 1. The fourth-order valence-corrected chi connectivity index (χ4v) is 3.18. The van der Waals surface area contributed by atoms with Crippen molar-refractivity contribution < 1.29 is 31.4 Å². The molecular formula is C17H22F6N2O. The largest absolute Gasteiger partial charge is 0.430 e. The summed E-state index contributed by atoms with van der Waals surface area (Å²) in [6, 6.07) is 4.23. The third-order valence-electron chi connectivity index (χ3n) is 4.68. The summed E-state index contributed by atoms with van der Waals surface area (Å²) in [7, 11) is 0. The van der Waals surface area contributed by atoms with Gasteiger partial charge in [-0.15, -0.1) is 0 Å². The number of hydrogen-bond donors (Lipinski definition) is 2. The second-order valence-electron chi connectivity index (χ2n) is 6.51. The molecule has 9 heteroatoms. The lowest BCUT2D eigenvalue weighted by Crippen LogP contribution is -2.53. The van der Waals surface area contributed by atoms with Crippen LogP contribution in [0.3, 0.4) is 0 Å². The van der Waals surface area contributed by atoms with Gasteiger partial charge in [-0.1, -0.05) is 31.2 Å². The van der Waals surface area contributed by atoms with Gasteiger partial charge in [0.1, 0.15) is 0 Å². The van der Waals surface area contributed by atoms with Crippen molar-refractivity contribution in [2.45, 2.75) is 50.3 Å². The van der Waals surface area contributed by atoms with E-state index in [9.17, 15) is 31.4 Å². The predicted octanol–water partition coefficient (Wildman–Crippen LogP) is 3.57. The molecule has 0 spiro atoms. The van der Waals surface area contributed by atoms with E-state index in [2.05, 4.69) is 10.2 Å². The Bertz CT molecular complexity index is 562. The molecule has 1 heterocycles. The maximum absolute atomic E-state index is 12.9. The van der Waals surface area contributed by atoms with E-state index >= 15 is 0 Å². The number of nitrogens with one attached hydrogen (secondary N) is 1. The van der Waals surface area contributed by atoms with E-state index in [4.69, 9.17) is 0 Å². The van der Waals surface area contributed by atoms with Gasteiger partial charge in [-0.25, -0.2) is 0 Å². The minimum atomic E-state index is -5.86. The van der Waals surface area contributed by atoms with Crippen molar-refractivity contribution >= 4 is 0 Å². The van der Waals surface area contributed by atoms with Crippen LogP contribution in [0.25, 0.3) is 0 Å². The zero-order valence-electron chi connectivity index (χ0n) is 14.3. The number of halogens is 6. The number of piperidine rings is 1. The van der Waals surface area contributed by atoms with Crippen LogP contribution in [-0.2, 0) is 12.1 Å². The Balaban J connectivity index is 2.08. The fraction of sp³-hybridized carbons (Fsp3) is 0.647. The van der Waals surface area contributed by atoms with Crippen molar-refractivity contribution in [3.8, 4) is 0 Å². The summed E-state index contributed by atoms with van der Waals surface area (Å²) in [5.41, 5.74) is -5.50. The number of hydrogen-bond acceptors (Lipinski definition) is 3. The highest BCUT2D eigenvalue weighted by Gasteiger charge is 2.71. The molecule has 0 aliphatic carbocycles. The van der Waals surface area contributed by atoms with E-state index in [1.165, 1.54) is 12.1 Å². The second-order valence-corrected chi connectivity index (χ2v) is 6.51. The maximum Gasteiger partial charge on any atom is 0.430 e. The van der Waals surface area contributed by atoms with Gasteiger partial charge in [0.25, 0.3) is 5.60 Å². The van der Waals surface area contributed by atoms with Gasteiger partial charge in [0.15, 0.2) is 0 Å². The summed E-state index contributed by atoms with van der Waals surface area (Å²) in [6.07, 6.45) is -9.84. The first-order valence-corrected chi connectivity index (χ1v) is 8.40. The van der Waals surface area contributed by atoms with Crippen LogP contribution in [0.2, 0.25) is 0 Å². The number of aliphatic hydroxyl groups is 1. The molecule has 1 saturated heterocycles. The zero-order chi connectivity index (χ0) is 19.6. The van der Waals surface area contributed by atoms with E-state index in [0.29, 0.717) is 30.3 Å². The fourth-order valence-electron chi connectivity index (χ4n) is 3.18. The smallest absolute Gasteiger partial charge is 0.369 e. The Morgan fingerprint density at radius 2 is 1.50 bits per heavy atom. The zero-order valence-corrected chi connectivity index (χ0v) is 14.3. The van der Waals surface area contributed by atoms with Crippen LogP contribution in [0.4, 0.5) is 26.3 Å². The van der Waals surface area contributed by atoms with Crippen LogP contribution >= 0.6 is 0 Å². The predicted molar refractivity (Wildman–Crippen MR) is 84.4 cm³/mol. The van der Waals surface area contributed by atoms with Crippen LogP contribution in [0.5, 0.6) is 0 Å². The van der Waals surface area contributed by atoms with Gasteiger partial charge in [-0.2, -0.15) is 26.3 Å². The summed E-state index contributed by atoms with van der Waals surface area (Å²) in [5, 5.41) is 12.7. The molecule has 3 nitrogen and oxygen atoms in total. The van der Waals surface area contributed by atoms with Gasteiger partial charge in [0.05, 0.1) is 0 Å². The molecule has 0 bridgehead atoms. The molecular weight excluding hydrogens is 362 g/mol. The first kappa shape index (κ1) is 21.0. The molecule has 0 atom stereocenters. The molecule has 1 aliphatic heterocycles. The summed E-state index contributed by atoms with van der Waals surface area (Å²) in [5.74, 6) is 0. The molecule has 0 aromatic heterocycles. The standard InChI is InChI=1S/C17H22F6N2O/c1-2-24-14-7-9-25(10-8-14)11-12-3-5-13(6-4-12)15(26,16(18,19)20)17(21,22)23/h3-6,14,24,26H,2,7-11H2,1H3. The molecule has 1 fully saturated rings. The average molecular weight is 384 g/mol. The van der Waals surface area contributed by atoms with Crippen molar-refractivity contribution in [2.24, 2.45) is 0 Å². The second kappa shape index (κ2) is 7.74. The molecule has 1 aromatic carbocycles. The van der Waals surface area contributed by atoms with Gasteiger partial charge in [-0.05, 0) is 38.0 Å². The lowest BCUT2D eigenvalue weighted by atomic mass is 9.91. The first-order valence-electron chi connectivity index (χ1n) is 8.40. The van der Waals surface area contributed by atoms with E-state index in [-0.39, 0.29) is 0 Å². The third kappa shape index (κ3) is 4.32. The summed E-state index contributed by atoms with van der Waals surface area (Å²) in [4.78, 5) is 2.10. The summed E-state index contributed by atoms with van der Waals surface area (Å²) >= 11 is 0. The highest BCUT2D eigenvalue weighted by molar-refractivity contribution is 5.30. The number of rotatable bonds is 5. The Morgan fingerprint density at radius 1 is 1.00 bits per heavy atom. The molecule has 0 saturated carbocycles. The molecule has 2 N–H and O–H groups in total. The molecule has 0 radical (unpaired) electrons. The van der Waals surface area contributed by atoms with Gasteiger partial charge in [0, 0.05) is 18.2 Å². The lowest BCUT2D eigenvalue weighted by molar-refractivity contribution is -0.376. The van der Waals surface area contributed by atoms with Crippen molar-refractivity contribution in [2.75, 3.05) is 19.6 Å². The molecule has 26 heavy (non-hydrogen) atoms. The third-order valence-corrected chi connectivity index (χ3v) is 4.68. The Morgan fingerprint density at radius 3 is 1.92 bits per heavy atom. The highest BCUT2D eigenvalue weighted by Crippen LogP contribution is 2.49. The quantitative estimate of drug-likeness (QED) is 0.762. The van der Waals surface area contributed by atoms with Crippen molar-refractivity contribution in [1.29, 1.82) is 0 Å². The van der Waals surface area contributed by atoms with Gasteiger partial charge >= 0.3 is 12.4 Å². The number of alkyl halides is 6. The van der Waals surface area contributed by atoms with Crippen LogP contribution in [0, 0.1) is 0 Å². The van der Waals surface area contributed by atoms with E-state index < -0.39 is 23.5 Å². The van der Waals surface area contributed by atoms with Gasteiger partial charge < -0.3 is 10.4 Å². The van der Waals surface area contributed by atoms with Crippen LogP contribution in [-0.4, -0.2) is 48.0 Å². The molecule has 1 aromatic rings. The Labute approximate surface area is 148 Å². The lowest BCUT2D eigenvalue weighted by Gasteiger charge is -2.33. The molecule has 0 unspecified atom stereocenters. The van der Waals surface area contributed by atoms with Crippen LogP contribution in [0.15, 0.2) is 24.3 Å². The van der Waals surface area contributed by atoms with Crippen LogP contribution in [0.1, 0.15) is 30.9 Å². The van der Waals surface area contributed by atoms with Crippen LogP contribution < -0.4 is 5.32 Å². The van der Waals surface area contributed by atoms with Gasteiger partial charge in [-0.3, -0.25) is 4.90 Å². The van der Waals surface area contributed by atoms with Gasteiger partial charge in [0.2, 0.25) is 0 Å².